The van der Waals surface area contributed by atoms with E-state index in [0.717, 1.165) is 0 Å². The van der Waals surface area contributed by atoms with Crippen molar-refractivity contribution in [2.75, 3.05) is 7.05 Å². The molecule has 17 heavy (non-hydrogen) atoms. The lowest BCUT2D eigenvalue weighted by Gasteiger charge is -2.03. The van der Waals surface area contributed by atoms with Crippen molar-refractivity contribution in [3.63, 3.8) is 0 Å². The highest BCUT2D eigenvalue weighted by Gasteiger charge is 2.20. The average molecular weight is 250 g/mol. The van der Waals surface area contributed by atoms with E-state index in [2.05, 4.69) is 10.1 Å². The molecule has 0 bridgehead atoms. The van der Waals surface area contributed by atoms with E-state index in [1.165, 1.54) is 0 Å². The predicted molar refractivity (Wildman–Crippen MR) is 54.7 cm³/mol. The molecular formula is C8H9BF4N3O-. The first-order chi connectivity index (χ1) is 7.77. The van der Waals surface area contributed by atoms with Crippen molar-refractivity contribution in [3.8, 4) is 0 Å². The molecule has 0 aliphatic heterocycles. The number of hydrogen-bond acceptors (Lipinski definition) is 1. The Morgan fingerprint density at radius 1 is 1.47 bits per heavy atom. The van der Waals surface area contributed by atoms with Crippen LogP contribution in [0.2, 0.25) is 0 Å². The summed E-state index contributed by atoms with van der Waals surface area (Å²) < 4.78 is 39.0. The Morgan fingerprint density at radius 2 is 2.00 bits per heavy atom. The average Bonchev–Trinajstić information content (AvgIpc) is 2.26. The molecule has 0 aromatic rings. The van der Waals surface area contributed by atoms with Gasteiger partial charge in [0.25, 0.3) is 5.71 Å². The highest BCUT2D eigenvalue weighted by molar-refractivity contribution is 6.50. The van der Waals surface area contributed by atoms with Gasteiger partial charge in [-0.3, -0.25) is 4.79 Å². The number of carbonyl (C=O) groups excluding carboxylic acids is 1. The standard InChI is InChI=1S/C8H9N3O.BF4/c1-10-8(12)6-3-2-4-7(5-6)11-9;2-1(3,4)5/h2-4H,5H2,1H3,(H,10,12);/q;-1. The third-order valence-electron chi connectivity index (χ3n) is 1.60. The van der Waals surface area contributed by atoms with Gasteiger partial charge in [-0.25, -0.2) is 0 Å². The number of nitrogens with one attached hydrogen (secondary N) is 1. The molecule has 0 heterocycles. The van der Waals surface area contributed by atoms with Crippen LogP contribution in [0.25, 0.3) is 5.53 Å². The lowest BCUT2D eigenvalue weighted by atomic mass is 10.0. The lowest BCUT2D eigenvalue weighted by Crippen LogP contribution is -2.22. The van der Waals surface area contributed by atoms with Crippen molar-refractivity contribution in [3.05, 3.63) is 29.3 Å². The fraction of sp³-hybridized carbons (Fsp3) is 0.250. The second kappa shape index (κ2) is 6.64. The molecule has 1 N–H and O–H groups in total. The second-order valence-corrected chi connectivity index (χ2v) is 2.89. The molecule has 0 saturated carbocycles. The predicted octanol–water partition coefficient (Wildman–Crippen LogP) is 1.59. The van der Waals surface area contributed by atoms with E-state index in [4.69, 9.17) is 5.53 Å². The van der Waals surface area contributed by atoms with Gasteiger partial charge in [0.15, 0.2) is 0 Å². The van der Waals surface area contributed by atoms with E-state index in [1.807, 2.05) is 0 Å². The molecule has 0 radical (unpaired) electrons. The summed E-state index contributed by atoms with van der Waals surface area (Å²) in [6, 6.07) is 0. The molecule has 0 spiro atoms. The smallest absolute Gasteiger partial charge is 0.418 e. The molecule has 0 unspecified atom stereocenters. The number of amides is 1. The summed E-state index contributed by atoms with van der Waals surface area (Å²) in [4.78, 5) is 14.1. The molecule has 0 aromatic heterocycles. The zero-order valence-corrected chi connectivity index (χ0v) is 8.83. The Labute approximate surface area is 94.7 Å². The fourth-order valence-corrected chi connectivity index (χ4v) is 0.974. The first kappa shape index (κ1) is 15.1. The van der Waals surface area contributed by atoms with Gasteiger partial charge in [0, 0.05) is 18.7 Å². The number of allylic oxidation sites excluding steroid dienone is 3. The molecular weight excluding hydrogens is 241 g/mol. The van der Waals surface area contributed by atoms with Gasteiger partial charge in [0.2, 0.25) is 5.91 Å². The number of carbonyl (C=O) groups is 1. The van der Waals surface area contributed by atoms with Crippen LogP contribution in [0.1, 0.15) is 6.42 Å². The SMILES string of the molecule is CNC(=O)C1=CC=CC(=[N+]=[N-])C1.F[B-](F)(F)F. The number of rotatable bonds is 1. The lowest BCUT2D eigenvalue weighted by molar-refractivity contribution is -0.117. The van der Waals surface area contributed by atoms with Crippen molar-refractivity contribution in [1.29, 1.82) is 0 Å². The van der Waals surface area contributed by atoms with Crippen LogP contribution in [0.5, 0.6) is 0 Å². The van der Waals surface area contributed by atoms with Gasteiger partial charge in [-0.2, -0.15) is 4.79 Å². The van der Waals surface area contributed by atoms with Gasteiger partial charge in [-0.05, 0) is 0 Å². The van der Waals surface area contributed by atoms with Crippen molar-refractivity contribution in [1.82, 2.24) is 5.32 Å². The molecule has 0 fully saturated rings. The zero-order chi connectivity index (χ0) is 13.5. The van der Waals surface area contributed by atoms with E-state index in [9.17, 15) is 22.1 Å². The van der Waals surface area contributed by atoms with E-state index in [0.29, 0.717) is 17.7 Å². The van der Waals surface area contributed by atoms with Gasteiger partial charge in [-0.1, -0.05) is 12.2 Å². The molecule has 4 nitrogen and oxygen atoms in total. The Bertz CT molecular complexity index is 390. The summed E-state index contributed by atoms with van der Waals surface area (Å²) in [5, 5.41) is 2.50. The first-order valence-corrected chi connectivity index (χ1v) is 4.45. The Hall–Kier alpha value is -1.89. The molecule has 1 rings (SSSR count). The number of likely N-dealkylation sites (N-methyl/N-ethyl adjacent to an activating group) is 1. The van der Waals surface area contributed by atoms with E-state index >= 15 is 0 Å². The van der Waals surface area contributed by atoms with Gasteiger partial charge in [0.1, 0.15) is 0 Å². The Kier molecular flexibility index (Phi) is 5.91. The van der Waals surface area contributed by atoms with Crippen molar-refractivity contribution < 1.29 is 26.8 Å². The van der Waals surface area contributed by atoms with Crippen LogP contribution in [0.4, 0.5) is 17.3 Å². The molecule has 0 saturated heterocycles. The Morgan fingerprint density at radius 3 is 2.41 bits per heavy atom. The van der Waals surface area contributed by atoms with Gasteiger partial charge >= 0.3 is 7.25 Å². The van der Waals surface area contributed by atoms with Crippen LogP contribution < -0.4 is 5.32 Å². The van der Waals surface area contributed by atoms with Crippen molar-refractivity contribution in [2.24, 2.45) is 0 Å². The van der Waals surface area contributed by atoms with Crippen molar-refractivity contribution >= 4 is 18.9 Å². The van der Waals surface area contributed by atoms with Crippen molar-refractivity contribution in [2.45, 2.75) is 6.42 Å². The van der Waals surface area contributed by atoms with Crippen LogP contribution in [0, 0.1) is 0 Å². The third kappa shape index (κ3) is 7.98. The number of nitrogens with zero attached hydrogens (tertiary/aromatic N) is 2. The minimum atomic E-state index is -6.00. The maximum Gasteiger partial charge on any atom is 0.673 e. The summed E-state index contributed by atoms with van der Waals surface area (Å²) >= 11 is 0. The maximum atomic E-state index is 11.1. The molecule has 1 aliphatic carbocycles. The quantitative estimate of drug-likeness (QED) is 0.326. The monoisotopic (exact) mass is 250 g/mol. The summed E-state index contributed by atoms with van der Waals surface area (Å²) in [6.07, 6.45) is 5.43. The summed E-state index contributed by atoms with van der Waals surface area (Å²) in [5.74, 6) is -0.138. The summed E-state index contributed by atoms with van der Waals surface area (Å²) in [6.45, 7) is 0. The Balaban J connectivity index is 0.000000437. The highest BCUT2D eigenvalue weighted by Crippen LogP contribution is 2.08. The summed E-state index contributed by atoms with van der Waals surface area (Å²) in [5.41, 5.74) is 9.54. The maximum absolute atomic E-state index is 11.1. The van der Waals surface area contributed by atoms with Crippen LogP contribution in [0.15, 0.2) is 23.8 Å². The first-order valence-electron chi connectivity index (χ1n) is 4.45. The number of halogens is 4. The van der Waals surface area contributed by atoms with E-state index in [1.54, 1.807) is 25.3 Å². The minimum Gasteiger partial charge on any atom is -0.418 e. The topological polar surface area (TPSA) is 65.5 Å². The van der Waals surface area contributed by atoms with Gasteiger partial charge < -0.3 is 28.1 Å². The summed E-state index contributed by atoms with van der Waals surface area (Å²) in [7, 11) is -4.43. The molecule has 94 valence electrons. The number of hydrogen-bond donors (Lipinski definition) is 1. The van der Waals surface area contributed by atoms with E-state index < -0.39 is 7.25 Å². The molecule has 1 amide bonds. The van der Waals surface area contributed by atoms with E-state index in [-0.39, 0.29) is 5.91 Å². The molecule has 0 aromatic carbocycles. The molecule has 9 heteroatoms. The highest BCUT2D eigenvalue weighted by atomic mass is 19.5. The third-order valence-corrected chi connectivity index (χ3v) is 1.60. The van der Waals surface area contributed by atoms with Crippen LogP contribution >= 0.6 is 0 Å². The van der Waals surface area contributed by atoms with Crippen LogP contribution in [-0.4, -0.2) is 30.7 Å². The van der Waals surface area contributed by atoms with Gasteiger partial charge in [-0.15, -0.1) is 0 Å². The minimum absolute atomic E-state index is 0.138. The second-order valence-electron chi connectivity index (χ2n) is 2.89. The zero-order valence-electron chi connectivity index (χ0n) is 8.83. The van der Waals surface area contributed by atoms with Crippen LogP contribution in [0.3, 0.4) is 0 Å². The fourth-order valence-electron chi connectivity index (χ4n) is 0.974. The largest absolute Gasteiger partial charge is 0.673 e. The molecule has 0 atom stereocenters. The van der Waals surface area contributed by atoms with Gasteiger partial charge in [0.05, 0.1) is 6.42 Å². The van der Waals surface area contributed by atoms with Crippen LogP contribution in [-0.2, 0) is 4.79 Å². The molecule has 1 aliphatic rings. The normalized spacial score (nSPS) is 14.2.